The van der Waals surface area contributed by atoms with Crippen LogP contribution in [0.2, 0.25) is 0 Å². The first-order chi connectivity index (χ1) is 8.05. The molecule has 1 aromatic heterocycles. The SMILES string of the molecule is CC1(C)CCCC(NCc2cncc(F)c2)C1. The summed E-state index contributed by atoms with van der Waals surface area (Å²) in [7, 11) is 0. The summed E-state index contributed by atoms with van der Waals surface area (Å²) < 4.78 is 13.0. The van der Waals surface area contributed by atoms with Crippen LogP contribution in [0.15, 0.2) is 18.5 Å². The van der Waals surface area contributed by atoms with E-state index in [1.54, 1.807) is 12.3 Å². The van der Waals surface area contributed by atoms with Gasteiger partial charge in [0.05, 0.1) is 6.20 Å². The van der Waals surface area contributed by atoms with Gasteiger partial charge in [-0.25, -0.2) is 4.39 Å². The standard InChI is InChI=1S/C14H21FN2/c1-14(2)5-3-4-13(7-14)17-9-11-6-12(15)10-16-8-11/h6,8,10,13,17H,3-5,7,9H2,1-2H3. The quantitative estimate of drug-likeness (QED) is 0.871. The summed E-state index contributed by atoms with van der Waals surface area (Å²) in [6, 6.07) is 2.11. The molecule has 1 aromatic rings. The molecule has 1 N–H and O–H groups in total. The fraction of sp³-hybridized carbons (Fsp3) is 0.643. The Morgan fingerprint density at radius 3 is 3.00 bits per heavy atom. The third kappa shape index (κ3) is 3.77. The molecule has 1 aliphatic carbocycles. The van der Waals surface area contributed by atoms with E-state index in [9.17, 15) is 4.39 Å². The number of nitrogens with one attached hydrogen (secondary N) is 1. The maximum absolute atomic E-state index is 13.0. The molecule has 0 aromatic carbocycles. The lowest BCUT2D eigenvalue weighted by molar-refractivity contribution is 0.197. The van der Waals surface area contributed by atoms with Crippen molar-refractivity contribution < 1.29 is 4.39 Å². The van der Waals surface area contributed by atoms with Crippen molar-refractivity contribution in [3.05, 3.63) is 29.8 Å². The van der Waals surface area contributed by atoms with Crippen LogP contribution >= 0.6 is 0 Å². The van der Waals surface area contributed by atoms with Crippen LogP contribution in [0, 0.1) is 11.2 Å². The van der Waals surface area contributed by atoms with Crippen LogP contribution in [-0.2, 0) is 6.54 Å². The maximum atomic E-state index is 13.0. The van der Waals surface area contributed by atoms with E-state index in [0.29, 0.717) is 18.0 Å². The number of hydrogen-bond donors (Lipinski definition) is 1. The van der Waals surface area contributed by atoms with Gasteiger partial charge >= 0.3 is 0 Å². The molecular weight excluding hydrogens is 215 g/mol. The van der Waals surface area contributed by atoms with Crippen LogP contribution in [-0.4, -0.2) is 11.0 Å². The summed E-state index contributed by atoms with van der Waals surface area (Å²) in [5.74, 6) is -0.256. The van der Waals surface area contributed by atoms with Gasteiger partial charge in [-0.15, -0.1) is 0 Å². The largest absolute Gasteiger partial charge is 0.310 e. The van der Waals surface area contributed by atoms with E-state index in [4.69, 9.17) is 0 Å². The van der Waals surface area contributed by atoms with Gasteiger partial charge in [-0.2, -0.15) is 0 Å². The van der Waals surface area contributed by atoms with Crippen LogP contribution in [0.1, 0.15) is 45.1 Å². The number of rotatable bonds is 3. The van der Waals surface area contributed by atoms with Crippen LogP contribution in [0.25, 0.3) is 0 Å². The Balaban J connectivity index is 1.86. The van der Waals surface area contributed by atoms with E-state index >= 15 is 0 Å². The van der Waals surface area contributed by atoms with Crippen molar-refractivity contribution in [3.63, 3.8) is 0 Å². The predicted octanol–water partition coefficient (Wildman–Crippen LogP) is 3.28. The first-order valence-electron chi connectivity index (χ1n) is 6.38. The zero-order valence-electron chi connectivity index (χ0n) is 10.7. The molecule has 0 amide bonds. The van der Waals surface area contributed by atoms with Gasteiger partial charge in [-0.1, -0.05) is 20.3 Å². The molecule has 1 fully saturated rings. The smallest absolute Gasteiger partial charge is 0.141 e. The van der Waals surface area contributed by atoms with Crippen LogP contribution in [0.4, 0.5) is 4.39 Å². The van der Waals surface area contributed by atoms with Crippen molar-refractivity contribution in [2.75, 3.05) is 0 Å². The average Bonchev–Trinajstić information content (AvgIpc) is 2.25. The fourth-order valence-corrected chi connectivity index (χ4v) is 2.69. The van der Waals surface area contributed by atoms with Gasteiger partial charge < -0.3 is 5.32 Å². The van der Waals surface area contributed by atoms with E-state index in [-0.39, 0.29) is 5.82 Å². The molecule has 0 saturated heterocycles. The van der Waals surface area contributed by atoms with Crippen molar-refractivity contribution in [3.8, 4) is 0 Å². The fourth-order valence-electron chi connectivity index (χ4n) is 2.69. The molecular formula is C14H21FN2. The van der Waals surface area contributed by atoms with Gasteiger partial charge in [-0.05, 0) is 36.3 Å². The van der Waals surface area contributed by atoms with Crippen LogP contribution < -0.4 is 5.32 Å². The average molecular weight is 236 g/mol. The normalized spacial score (nSPS) is 23.6. The Morgan fingerprint density at radius 1 is 1.47 bits per heavy atom. The third-order valence-corrected chi connectivity index (χ3v) is 3.56. The number of hydrogen-bond acceptors (Lipinski definition) is 2. The van der Waals surface area contributed by atoms with Crippen LogP contribution in [0.5, 0.6) is 0 Å². The third-order valence-electron chi connectivity index (χ3n) is 3.56. The topological polar surface area (TPSA) is 24.9 Å². The van der Waals surface area contributed by atoms with Gasteiger partial charge in [0.1, 0.15) is 5.82 Å². The van der Waals surface area contributed by atoms with Gasteiger partial charge in [0, 0.05) is 18.8 Å². The van der Waals surface area contributed by atoms with Crippen molar-refractivity contribution in [1.82, 2.24) is 10.3 Å². The molecule has 0 aliphatic heterocycles. The summed E-state index contributed by atoms with van der Waals surface area (Å²) in [6.07, 6.45) is 8.00. The summed E-state index contributed by atoms with van der Waals surface area (Å²) in [4.78, 5) is 3.86. The molecule has 1 unspecified atom stereocenters. The van der Waals surface area contributed by atoms with Crippen molar-refractivity contribution >= 4 is 0 Å². The highest BCUT2D eigenvalue weighted by Gasteiger charge is 2.27. The first-order valence-corrected chi connectivity index (χ1v) is 6.38. The van der Waals surface area contributed by atoms with Crippen LogP contribution in [0.3, 0.4) is 0 Å². The Hall–Kier alpha value is -0.960. The van der Waals surface area contributed by atoms with Gasteiger partial charge in [0.25, 0.3) is 0 Å². The van der Waals surface area contributed by atoms with Gasteiger partial charge in [0.2, 0.25) is 0 Å². The summed E-state index contributed by atoms with van der Waals surface area (Å²) >= 11 is 0. The molecule has 1 atom stereocenters. The second-order valence-corrected chi connectivity index (χ2v) is 5.85. The molecule has 1 aliphatic rings. The zero-order valence-corrected chi connectivity index (χ0v) is 10.7. The highest BCUT2D eigenvalue weighted by Crippen LogP contribution is 2.35. The lowest BCUT2D eigenvalue weighted by atomic mass is 9.75. The maximum Gasteiger partial charge on any atom is 0.141 e. The molecule has 94 valence electrons. The summed E-state index contributed by atoms with van der Waals surface area (Å²) in [6.45, 7) is 5.36. The Labute approximate surface area is 103 Å². The number of pyridine rings is 1. The van der Waals surface area contributed by atoms with Crippen molar-refractivity contribution in [1.29, 1.82) is 0 Å². The van der Waals surface area contributed by atoms with E-state index < -0.39 is 0 Å². The minimum absolute atomic E-state index is 0.256. The Kier molecular flexibility index (Phi) is 3.77. The number of aromatic nitrogens is 1. The predicted molar refractivity (Wildman–Crippen MR) is 67.1 cm³/mol. The molecule has 0 spiro atoms. The van der Waals surface area contributed by atoms with E-state index in [1.807, 2.05) is 0 Å². The highest BCUT2D eigenvalue weighted by molar-refractivity contribution is 5.09. The Morgan fingerprint density at radius 2 is 2.29 bits per heavy atom. The molecule has 0 radical (unpaired) electrons. The molecule has 2 rings (SSSR count). The molecule has 1 heterocycles. The molecule has 1 saturated carbocycles. The van der Waals surface area contributed by atoms with Crippen molar-refractivity contribution in [2.24, 2.45) is 5.41 Å². The molecule has 0 bridgehead atoms. The Bertz CT molecular complexity index is 376. The van der Waals surface area contributed by atoms with Crippen molar-refractivity contribution in [2.45, 2.75) is 52.1 Å². The second kappa shape index (κ2) is 5.13. The minimum atomic E-state index is -0.256. The van der Waals surface area contributed by atoms with E-state index in [0.717, 1.165) is 5.56 Å². The first kappa shape index (κ1) is 12.5. The minimum Gasteiger partial charge on any atom is -0.310 e. The van der Waals surface area contributed by atoms with Gasteiger partial charge in [-0.3, -0.25) is 4.98 Å². The summed E-state index contributed by atoms with van der Waals surface area (Å²) in [5.41, 5.74) is 1.37. The van der Waals surface area contributed by atoms with E-state index in [1.165, 1.54) is 31.9 Å². The zero-order chi connectivity index (χ0) is 12.3. The van der Waals surface area contributed by atoms with Gasteiger partial charge in [0.15, 0.2) is 0 Å². The molecule has 17 heavy (non-hydrogen) atoms. The molecule has 2 nitrogen and oxygen atoms in total. The number of halogens is 1. The highest BCUT2D eigenvalue weighted by atomic mass is 19.1. The monoisotopic (exact) mass is 236 g/mol. The molecule has 3 heteroatoms. The summed E-state index contributed by atoms with van der Waals surface area (Å²) in [5, 5.41) is 3.51. The number of nitrogens with zero attached hydrogens (tertiary/aromatic N) is 1. The lowest BCUT2D eigenvalue weighted by Crippen LogP contribution is -2.36. The lowest BCUT2D eigenvalue weighted by Gasteiger charge is -2.35. The van der Waals surface area contributed by atoms with E-state index in [2.05, 4.69) is 24.1 Å². The second-order valence-electron chi connectivity index (χ2n) is 5.85.